The summed E-state index contributed by atoms with van der Waals surface area (Å²) in [6.45, 7) is 1.63. The van der Waals surface area contributed by atoms with E-state index in [0.717, 1.165) is 19.5 Å². The van der Waals surface area contributed by atoms with Gasteiger partial charge in [0.05, 0.1) is 0 Å². The minimum absolute atomic E-state index is 0.397. The Bertz CT molecular complexity index is 490. The first-order chi connectivity index (χ1) is 9.38. The van der Waals surface area contributed by atoms with Gasteiger partial charge in [0.1, 0.15) is 0 Å². The van der Waals surface area contributed by atoms with Gasteiger partial charge in [0.15, 0.2) is 0 Å². The molecule has 0 spiro atoms. The number of likely N-dealkylation sites (tertiary alicyclic amines) is 1. The van der Waals surface area contributed by atoms with Crippen LogP contribution in [0.15, 0.2) is 60.7 Å². The summed E-state index contributed by atoms with van der Waals surface area (Å²) in [5, 5.41) is 0. The van der Waals surface area contributed by atoms with Crippen LogP contribution in [0.2, 0.25) is 0 Å². The van der Waals surface area contributed by atoms with Crippen LogP contribution in [0.1, 0.15) is 23.0 Å². The van der Waals surface area contributed by atoms with Crippen molar-refractivity contribution in [3.63, 3.8) is 0 Å². The Morgan fingerprint density at radius 3 is 1.58 bits per heavy atom. The fraction of sp³-hybridized carbons (Fsp3) is 0.235. The van der Waals surface area contributed by atoms with Gasteiger partial charge < -0.3 is 4.90 Å². The Balaban J connectivity index is 1.94. The molecule has 0 aromatic heterocycles. The number of hydrogen-bond donors (Lipinski definition) is 0. The highest BCUT2D eigenvalue weighted by Crippen LogP contribution is 2.38. The Hall–Kier alpha value is -2.09. The van der Waals surface area contributed by atoms with E-state index in [9.17, 15) is 4.79 Å². The first-order valence-electron chi connectivity index (χ1n) is 6.67. The Morgan fingerprint density at radius 1 is 0.789 bits per heavy atom. The molecule has 2 aromatic carbocycles. The van der Waals surface area contributed by atoms with Crippen molar-refractivity contribution in [3.8, 4) is 0 Å². The third-order valence-corrected chi connectivity index (χ3v) is 3.95. The van der Waals surface area contributed by atoms with Crippen LogP contribution < -0.4 is 0 Å². The van der Waals surface area contributed by atoms with Gasteiger partial charge in [0.2, 0.25) is 6.41 Å². The Labute approximate surface area is 113 Å². The highest BCUT2D eigenvalue weighted by atomic mass is 16.1. The zero-order valence-electron chi connectivity index (χ0n) is 10.8. The van der Waals surface area contributed by atoms with E-state index in [0.29, 0.717) is 11.8 Å². The van der Waals surface area contributed by atoms with Crippen LogP contribution in [-0.4, -0.2) is 24.4 Å². The Kier molecular flexibility index (Phi) is 3.32. The molecule has 0 aliphatic carbocycles. The minimum atomic E-state index is 0.397. The molecular formula is C17H17NO. The summed E-state index contributed by atoms with van der Waals surface area (Å²) >= 11 is 0. The van der Waals surface area contributed by atoms with E-state index in [4.69, 9.17) is 0 Å². The van der Waals surface area contributed by atoms with Crippen molar-refractivity contribution in [1.29, 1.82) is 0 Å². The summed E-state index contributed by atoms with van der Waals surface area (Å²) in [6.07, 6.45) is 0.971. The summed E-state index contributed by atoms with van der Waals surface area (Å²) < 4.78 is 0. The number of carbonyl (C=O) groups is 1. The molecule has 19 heavy (non-hydrogen) atoms. The molecule has 1 aliphatic heterocycles. The second-order valence-corrected chi connectivity index (χ2v) is 5.09. The largest absolute Gasteiger partial charge is 0.344 e. The number of nitrogens with zero attached hydrogens (tertiary/aromatic N) is 1. The van der Waals surface area contributed by atoms with Gasteiger partial charge >= 0.3 is 0 Å². The van der Waals surface area contributed by atoms with Gasteiger partial charge in [0.25, 0.3) is 0 Å². The zero-order valence-corrected chi connectivity index (χ0v) is 10.8. The highest BCUT2D eigenvalue weighted by molar-refractivity contribution is 5.50. The van der Waals surface area contributed by atoms with Gasteiger partial charge in [-0.25, -0.2) is 0 Å². The minimum Gasteiger partial charge on any atom is -0.344 e. The molecule has 1 heterocycles. The van der Waals surface area contributed by atoms with E-state index >= 15 is 0 Å². The van der Waals surface area contributed by atoms with Gasteiger partial charge in [-0.3, -0.25) is 4.79 Å². The summed E-state index contributed by atoms with van der Waals surface area (Å²) in [7, 11) is 0. The third-order valence-electron chi connectivity index (χ3n) is 3.95. The van der Waals surface area contributed by atoms with Gasteiger partial charge in [-0.2, -0.15) is 0 Å². The molecule has 2 aromatic rings. The lowest BCUT2D eigenvalue weighted by atomic mass is 9.84. The van der Waals surface area contributed by atoms with Gasteiger partial charge in [-0.15, -0.1) is 0 Å². The van der Waals surface area contributed by atoms with Crippen LogP contribution in [0.25, 0.3) is 0 Å². The summed E-state index contributed by atoms with van der Waals surface area (Å²) in [4.78, 5) is 13.0. The molecule has 0 radical (unpaired) electrons. The average molecular weight is 251 g/mol. The van der Waals surface area contributed by atoms with Crippen molar-refractivity contribution in [2.24, 2.45) is 0 Å². The highest BCUT2D eigenvalue weighted by Gasteiger charge is 2.33. The fourth-order valence-electron chi connectivity index (χ4n) is 3.00. The number of amides is 1. The normalized spacial score (nSPS) is 22.4. The van der Waals surface area contributed by atoms with Crippen LogP contribution in [0, 0.1) is 0 Å². The maximum absolute atomic E-state index is 11.1. The lowest BCUT2D eigenvalue weighted by Gasteiger charge is -2.18. The molecule has 1 saturated heterocycles. The van der Waals surface area contributed by atoms with E-state index in [1.54, 1.807) is 0 Å². The molecule has 2 nitrogen and oxygen atoms in total. The first-order valence-corrected chi connectivity index (χ1v) is 6.67. The van der Waals surface area contributed by atoms with Crippen molar-refractivity contribution < 1.29 is 4.79 Å². The average Bonchev–Trinajstić information content (AvgIpc) is 2.93. The van der Waals surface area contributed by atoms with Crippen LogP contribution in [-0.2, 0) is 4.79 Å². The third kappa shape index (κ3) is 2.39. The predicted molar refractivity (Wildman–Crippen MR) is 76.0 cm³/mol. The van der Waals surface area contributed by atoms with E-state index < -0.39 is 0 Å². The van der Waals surface area contributed by atoms with Crippen molar-refractivity contribution in [2.75, 3.05) is 13.1 Å². The van der Waals surface area contributed by atoms with E-state index in [1.165, 1.54) is 11.1 Å². The molecule has 3 rings (SSSR count). The van der Waals surface area contributed by atoms with Crippen LogP contribution in [0.4, 0.5) is 0 Å². The molecule has 0 N–H and O–H groups in total. The van der Waals surface area contributed by atoms with Crippen LogP contribution in [0.3, 0.4) is 0 Å². The van der Waals surface area contributed by atoms with Gasteiger partial charge in [-0.05, 0) is 11.1 Å². The topological polar surface area (TPSA) is 20.3 Å². The van der Waals surface area contributed by atoms with Gasteiger partial charge in [0, 0.05) is 24.9 Å². The van der Waals surface area contributed by atoms with E-state index in [1.807, 2.05) is 17.0 Å². The number of benzene rings is 2. The Morgan fingerprint density at radius 2 is 1.21 bits per heavy atom. The second-order valence-electron chi connectivity index (χ2n) is 5.09. The van der Waals surface area contributed by atoms with Crippen molar-refractivity contribution in [1.82, 2.24) is 4.90 Å². The predicted octanol–water partition coefficient (Wildman–Crippen LogP) is 3.03. The lowest BCUT2D eigenvalue weighted by Crippen LogP contribution is -2.17. The van der Waals surface area contributed by atoms with Crippen molar-refractivity contribution in [3.05, 3.63) is 71.8 Å². The molecule has 1 amide bonds. The summed E-state index contributed by atoms with van der Waals surface area (Å²) in [5.41, 5.74) is 2.64. The quantitative estimate of drug-likeness (QED) is 0.768. The second kappa shape index (κ2) is 5.27. The molecule has 1 aliphatic rings. The first kappa shape index (κ1) is 12.0. The zero-order chi connectivity index (χ0) is 13.1. The van der Waals surface area contributed by atoms with Crippen LogP contribution in [0.5, 0.6) is 0 Å². The standard InChI is InChI=1S/C17H17NO/c19-13-18-11-16(14-7-3-1-4-8-14)17(12-18)15-9-5-2-6-10-15/h1-10,13,16-17H,11-12H2. The molecule has 96 valence electrons. The van der Waals surface area contributed by atoms with Crippen molar-refractivity contribution in [2.45, 2.75) is 11.8 Å². The monoisotopic (exact) mass is 251 g/mol. The fourth-order valence-corrected chi connectivity index (χ4v) is 3.00. The number of rotatable bonds is 3. The molecular weight excluding hydrogens is 234 g/mol. The number of carbonyl (C=O) groups excluding carboxylic acids is 1. The van der Waals surface area contributed by atoms with Crippen molar-refractivity contribution >= 4 is 6.41 Å². The molecule has 2 heteroatoms. The van der Waals surface area contributed by atoms with E-state index in [-0.39, 0.29) is 0 Å². The molecule has 0 saturated carbocycles. The molecule has 2 unspecified atom stereocenters. The lowest BCUT2D eigenvalue weighted by molar-refractivity contribution is -0.117. The molecule has 0 bridgehead atoms. The maximum atomic E-state index is 11.1. The summed E-state index contributed by atoms with van der Waals surface area (Å²) in [5.74, 6) is 0.794. The molecule has 2 atom stereocenters. The maximum Gasteiger partial charge on any atom is 0.209 e. The SMILES string of the molecule is O=CN1CC(c2ccccc2)C(c2ccccc2)C1. The van der Waals surface area contributed by atoms with E-state index in [2.05, 4.69) is 48.5 Å². The smallest absolute Gasteiger partial charge is 0.209 e. The molecule has 1 fully saturated rings. The van der Waals surface area contributed by atoms with Crippen LogP contribution >= 0.6 is 0 Å². The summed E-state index contributed by atoms with van der Waals surface area (Å²) in [6, 6.07) is 21.0. The number of hydrogen-bond acceptors (Lipinski definition) is 1. The van der Waals surface area contributed by atoms with Gasteiger partial charge in [-0.1, -0.05) is 60.7 Å².